The molecule has 0 aromatic heterocycles. The summed E-state index contributed by atoms with van der Waals surface area (Å²) in [6.45, 7) is -0.358. The van der Waals surface area contributed by atoms with E-state index in [0.29, 0.717) is 15.7 Å². The summed E-state index contributed by atoms with van der Waals surface area (Å²) in [7, 11) is 0. The number of carbonyl (C=O) groups excluding carboxylic acids is 2. The second-order valence-corrected chi connectivity index (χ2v) is 6.37. The summed E-state index contributed by atoms with van der Waals surface area (Å²) < 4.78 is 5.73. The maximum absolute atomic E-state index is 12.2. The van der Waals surface area contributed by atoms with E-state index in [1.165, 1.54) is 0 Å². The van der Waals surface area contributed by atoms with Crippen LogP contribution in [0.1, 0.15) is 10.4 Å². The average molecular weight is 410 g/mol. The molecule has 1 amide bonds. The second kappa shape index (κ2) is 8.45. The van der Waals surface area contributed by atoms with Gasteiger partial charge in [0.25, 0.3) is 5.91 Å². The lowest BCUT2D eigenvalue weighted by Crippen LogP contribution is -2.21. The van der Waals surface area contributed by atoms with E-state index in [9.17, 15) is 9.59 Å². The molecule has 0 saturated heterocycles. The minimum absolute atomic E-state index is 0.358. The molecule has 0 fully saturated rings. The SMILES string of the molecule is O=C(COC(=O)c1ccccc1Br)Nc1ccccc1-c1ccccc1. The van der Waals surface area contributed by atoms with Crippen molar-refractivity contribution in [2.45, 2.75) is 0 Å². The number of para-hydroxylation sites is 1. The van der Waals surface area contributed by atoms with Crippen molar-refractivity contribution in [3.05, 3.63) is 88.9 Å². The topological polar surface area (TPSA) is 55.4 Å². The predicted molar refractivity (Wildman–Crippen MR) is 105 cm³/mol. The van der Waals surface area contributed by atoms with E-state index in [1.807, 2.05) is 54.6 Å². The molecule has 0 atom stereocenters. The van der Waals surface area contributed by atoms with Crippen molar-refractivity contribution in [2.75, 3.05) is 11.9 Å². The highest BCUT2D eigenvalue weighted by Crippen LogP contribution is 2.27. The van der Waals surface area contributed by atoms with Crippen molar-refractivity contribution in [1.82, 2.24) is 0 Å². The van der Waals surface area contributed by atoms with Crippen LogP contribution in [0.3, 0.4) is 0 Å². The third-order valence-corrected chi connectivity index (χ3v) is 4.41. The van der Waals surface area contributed by atoms with Crippen LogP contribution < -0.4 is 5.32 Å². The Balaban J connectivity index is 1.66. The minimum Gasteiger partial charge on any atom is -0.452 e. The summed E-state index contributed by atoms with van der Waals surface area (Å²) in [6, 6.07) is 24.2. The fraction of sp³-hybridized carbons (Fsp3) is 0.0476. The number of hydrogen-bond acceptors (Lipinski definition) is 3. The Kier molecular flexibility index (Phi) is 5.81. The van der Waals surface area contributed by atoms with Crippen molar-refractivity contribution in [1.29, 1.82) is 0 Å². The maximum Gasteiger partial charge on any atom is 0.339 e. The van der Waals surface area contributed by atoms with Gasteiger partial charge in [-0.3, -0.25) is 4.79 Å². The summed E-state index contributed by atoms with van der Waals surface area (Å²) in [5, 5.41) is 2.80. The first-order chi connectivity index (χ1) is 12.6. The van der Waals surface area contributed by atoms with E-state index in [1.54, 1.807) is 24.3 Å². The number of ether oxygens (including phenoxy) is 1. The van der Waals surface area contributed by atoms with Gasteiger partial charge in [0, 0.05) is 15.7 Å². The zero-order valence-electron chi connectivity index (χ0n) is 13.8. The number of rotatable bonds is 5. The molecule has 26 heavy (non-hydrogen) atoms. The van der Waals surface area contributed by atoms with E-state index in [2.05, 4.69) is 21.2 Å². The molecule has 0 heterocycles. The first kappa shape index (κ1) is 17.9. The van der Waals surface area contributed by atoms with Crippen LogP contribution in [0.5, 0.6) is 0 Å². The van der Waals surface area contributed by atoms with Gasteiger partial charge < -0.3 is 10.1 Å². The highest BCUT2D eigenvalue weighted by Gasteiger charge is 2.14. The summed E-state index contributed by atoms with van der Waals surface area (Å²) >= 11 is 3.29. The fourth-order valence-electron chi connectivity index (χ4n) is 2.48. The first-order valence-electron chi connectivity index (χ1n) is 8.01. The molecular weight excluding hydrogens is 394 g/mol. The first-order valence-corrected chi connectivity index (χ1v) is 8.80. The van der Waals surface area contributed by atoms with E-state index in [0.717, 1.165) is 11.1 Å². The Labute approximate surface area is 159 Å². The van der Waals surface area contributed by atoms with Crippen LogP contribution >= 0.6 is 15.9 Å². The molecule has 130 valence electrons. The summed E-state index contributed by atoms with van der Waals surface area (Å²) in [6.07, 6.45) is 0. The third kappa shape index (κ3) is 4.37. The van der Waals surface area contributed by atoms with Crippen LogP contribution in [-0.2, 0) is 9.53 Å². The molecule has 5 heteroatoms. The molecule has 0 aliphatic heterocycles. The summed E-state index contributed by atoms with van der Waals surface area (Å²) in [5.74, 6) is -0.947. The van der Waals surface area contributed by atoms with Gasteiger partial charge in [0.2, 0.25) is 0 Å². The number of hydrogen-bond donors (Lipinski definition) is 1. The van der Waals surface area contributed by atoms with E-state index in [4.69, 9.17) is 4.74 Å². The predicted octanol–water partition coefficient (Wildman–Crippen LogP) is 4.91. The lowest BCUT2D eigenvalue weighted by molar-refractivity contribution is -0.119. The molecular formula is C21H16BrNO3. The molecule has 1 N–H and O–H groups in total. The van der Waals surface area contributed by atoms with Crippen molar-refractivity contribution >= 4 is 33.5 Å². The number of benzene rings is 3. The third-order valence-electron chi connectivity index (χ3n) is 3.71. The lowest BCUT2D eigenvalue weighted by atomic mass is 10.0. The Morgan fingerprint density at radius 3 is 2.27 bits per heavy atom. The van der Waals surface area contributed by atoms with Crippen molar-refractivity contribution in [3.8, 4) is 11.1 Å². The smallest absolute Gasteiger partial charge is 0.339 e. The van der Waals surface area contributed by atoms with Gasteiger partial charge in [0.1, 0.15) is 0 Å². The number of amides is 1. The van der Waals surface area contributed by atoms with E-state index < -0.39 is 11.9 Å². The number of carbonyl (C=O) groups is 2. The molecule has 0 radical (unpaired) electrons. The molecule has 4 nitrogen and oxygen atoms in total. The number of nitrogens with one attached hydrogen (secondary N) is 1. The van der Waals surface area contributed by atoms with Crippen LogP contribution in [0.2, 0.25) is 0 Å². The van der Waals surface area contributed by atoms with Gasteiger partial charge in [-0.15, -0.1) is 0 Å². The maximum atomic E-state index is 12.2. The summed E-state index contributed by atoms with van der Waals surface area (Å²) in [5.41, 5.74) is 2.94. The van der Waals surface area contributed by atoms with Gasteiger partial charge in [-0.1, -0.05) is 60.7 Å². The van der Waals surface area contributed by atoms with Crippen molar-refractivity contribution in [2.24, 2.45) is 0 Å². The number of anilines is 1. The average Bonchev–Trinajstić information content (AvgIpc) is 2.67. The van der Waals surface area contributed by atoms with Crippen molar-refractivity contribution in [3.63, 3.8) is 0 Å². The van der Waals surface area contributed by atoms with Crippen LogP contribution in [0.15, 0.2) is 83.3 Å². The molecule has 0 saturated carbocycles. The highest BCUT2D eigenvalue weighted by molar-refractivity contribution is 9.10. The molecule has 3 rings (SSSR count). The molecule has 3 aromatic rings. The van der Waals surface area contributed by atoms with Crippen LogP contribution in [0.25, 0.3) is 11.1 Å². The molecule has 0 unspecified atom stereocenters. The Morgan fingerprint density at radius 2 is 1.50 bits per heavy atom. The van der Waals surface area contributed by atoms with Gasteiger partial charge in [-0.2, -0.15) is 0 Å². The van der Waals surface area contributed by atoms with E-state index >= 15 is 0 Å². The number of halogens is 1. The highest BCUT2D eigenvalue weighted by atomic mass is 79.9. The van der Waals surface area contributed by atoms with Crippen molar-refractivity contribution < 1.29 is 14.3 Å². The van der Waals surface area contributed by atoms with Gasteiger partial charge in [0.15, 0.2) is 6.61 Å². The van der Waals surface area contributed by atoms with Gasteiger partial charge >= 0.3 is 5.97 Å². The Hall–Kier alpha value is -2.92. The van der Waals surface area contributed by atoms with Gasteiger partial charge in [0.05, 0.1) is 5.56 Å². The van der Waals surface area contributed by atoms with Gasteiger partial charge in [-0.05, 0) is 39.7 Å². The molecule has 0 bridgehead atoms. The number of esters is 1. The van der Waals surface area contributed by atoms with Crippen LogP contribution in [0.4, 0.5) is 5.69 Å². The monoisotopic (exact) mass is 409 g/mol. The molecule has 0 aliphatic carbocycles. The van der Waals surface area contributed by atoms with Crippen LogP contribution in [0, 0.1) is 0 Å². The second-order valence-electron chi connectivity index (χ2n) is 5.52. The molecule has 0 spiro atoms. The quantitative estimate of drug-likeness (QED) is 0.608. The van der Waals surface area contributed by atoms with Gasteiger partial charge in [-0.25, -0.2) is 4.79 Å². The Morgan fingerprint density at radius 1 is 0.846 bits per heavy atom. The van der Waals surface area contributed by atoms with E-state index in [-0.39, 0.29) is 6.61 Å². The zero-order chi connectivity index (χ0) is 18.4. The minimum atomic E-state index is -0.552. The molecule has 0 aliphatic rings. The van der Waals surface area contributed by atoms with Crippen LogP contribution in [-0.4, -0.2) is 18.5 Å². The standard InChI is InChI=1S/C21H16BrNO3/c22-18-12-6-4-11-17(18)21(25)26-14-20(24)23-19-13-7-5-10-16(19)15-8-2-1-3-9-15/h1-13H,14H2,(H,23,24). The normalized spacial score (nSPS) is 10.2. The zero-order valence-corrected chi connectivity index (χ0v) is 15.4. The largest absolute Gasteiger partial charge is 0.452 e. The Bertz CT molecular complexity index is 925. The summed E-state index contributed by atoms with van der Waals surface area (Å²) in [4.78, 5) is 24.3. The molecule has 3 aromatic carbocycles. The fourth-order valence-corrected chi connectivity index (χ4v) is 2.93. The lowest BCUT2D eigenvalue weighted by Gasteiger charge is -2.12.